The zero-order valence-electron chi connectivity index (χ0n) is 11.1. The van der Waals surface area contributed by atoms with Gasteiger partial charge >= 0.3 is 0 Å². The number of hydrogen-bond donors (Lipinski definition) is 2. The molecule has 2 unspecified atom stereocenters. The Morgan fingerprint density at radius 3 is 2.84 bits per heavy atom. The van der Waals surface area contributed by atoms with Crippen molar-refractivity contribution in [3.63, 3.8) is 0 Å². The fourth-order valence-electron chi connectivity index (χ4n) is 2.59. The van der Waals surface area contributed by atoms with E-state index in [1.807, 2.05) is 24.3 Å². The van der Waals surface area contributed by atoms with Crippen molar-refractivity contribution >= 4 is 16.9 Å². The third kappa shape index (κ3) is 1.83. The lowest BCUT2D eigenvalue weighted by atomic mass is 9.63. The van der Waals surface area contributed by atoms with E-state index in [2.05, 4.69) is 19.2 Å². The minimum Gasteiger partial charge on any atom is -0.463 e. The van der Waals surface area contributed by atoms with Crippen LogP contribution in [-0.4, -0.2) is 18.0 Å². The van der Waals surface area contributed by atoms with Gasteiger partial charge in [-0.1, -0.05) is 32.0 Å². The lowest BCUT2D eigenvalue weighted by Crippen LogP contribution is -2.64. The first kappa shape index (κ1) is 12.2. The van der Waals surface area contributed by atoms with Crippen LogP contribution in [-0.2, 0) is 0 Å². The highest BCUT2D eigenvalue weighted by Crippen LogP contribution is 2.39. The van der Waals surface area contributed by atoms with Gasteiger partial charge in [-0.15, -0.1) is 0 Å². The number of amides is 1. The lowest BCUT2D eigenvalue weighted by molar-refractivity contribution is 0.0587. The number of carbonyl (C=O) groups excluding carboxylic acids is 1. The Bertz CT molecular complexity index is 630. The van der Waals surface area contributed by atoms with E-state index in [0.29, 0.717) is 5.56 Å². The molecule has 3 N–H and O–H groups in total. The van der Waals surface area contributed by atoms with Crippen LogP contribution in [0.3, 0.4) is 0 Å². The van der Waals surface area contributed by atoms with E-state index in [4.69, 9.17) is 10.2 Å². The van der Waals surface area contributed by atoms with Crippen LogP contribution in [0.2, 0.25) is 0 Å². The number of benzene rings is 1. The van der Waals surface area contributed by atoms with Crippen molar-refractivity contribution in [3.05, 3.63) is 36.1 Å². The maximum Gasteiger partial charge on any atom is 0.255 e. The number of para-hydroxylation sites is 1. The molecule has 0 radical (unpaired) electrons. The van der Waals surface area contributed by atoms with E-state index >= 15 is 0 Å². The lowest BCUT2D eigenvalue weighted by Gasteiger charge is -2.50. The number of rotatable bonds is 2. The van der Waals surface area contributed by atoms with Crippen LogP contribution in [0.15, 0.2) is 34.9 Å². The number of fused-ring (bicyclic) bond motifs is 1. The van der Waals surface area contributed by atoms with E-state index in [1.165, 1.54) is 6.26 Å². The van der Waals surface area contributed by atoms with Gasteiger partial charge in [-0.3, -0.25) is 4.79 Å². The second-order valence-electron chi connectivity index (χ2n) is 5.84. The number of carbonyl (C=O) groups is 1. The topological polar surface area (TPSA) is 68.3 Å². The van der Waals surface area contributed by atoms with Gasteiger partial charge in [-0.05, 0) is 12.5 Å². The fourth-order valence-corrected chi connectivity index (χ4v) is 2.59. The molecule has 4 nitrogen and oxygen atoms in total. The predicted octanol–water partition coefficient (Wildman–Crippen LogP) is 2.29. The number of hydrogen-bond acceptors (Lipinski definition) is 3. The zero-order valence-corrected chi connectivity index (χ0v) is 11.1. The van der Waals surface area contributed by atoms with Gasteiger partial charge < -0.3 is 15.5 Å². The monoisotopic (exact) mass is 258 g/mol. The molecular weight excluding hydrogens is 240 g/mol. The maximum absolute atomic E-state index is 12.3. The van der Waals surface area contributed by atoms with Crippen molar-refractivity contribution in [1.29, 1.82) is 0 Å². The van der Waals surface area contributed by atoms with Gasteiger partial charge in [0.15, 0.2) is 0 Å². The molecule has 1 fully saturated rings. The van der Waals surface area contributed by atoms with Crippen molar-refractivity contribution in [2.45, 2.75) is 32.4 Å². The van der Waals surface area contributed by atoms with Gasteiger partial charge in [0.1, 0.15) is 11.8 Å². The molecule has 4 heteroatoms. The van der Waals surface area contributed by atoms with E-state index in [0.717, 1.165) is 17.4 Å². The van der Waals surface area contributed by atoms with E-state index in [1.54, 1.807) is 0 Å². The molecule has 0 bridgehead atoms. The molecule has 1 aromatic carbocycles. The molecule has 1 aromatic heterocycles. The van der Waals surface area contributed by atoms with E-state index in [9.17, 15) is 4.79 Å². The van der Waals surface area contributed by atoms with Gasteiger partial charge in [-0.25, -0.2) is 0 Å². The van der Waals surface area contributed by atoms with Crippen molar-refractivity contribution in [3.8, 4) is 0 Å². The Labute approximate surface area is 112 Å². The highest BCUT2D eigenvalue weighted by molar-refractivity contribution is 6.06. The van der Waals surface area contributed by atoms with Crippen LogP contribution < -0.4 is 11.1 Å². The second kappa shape index (κ2) is 4.10. The summed E-state index contributed by atoms with van der Waals surface area (Å²) in [5, 5.41) is 3.90. The van der Waals surface area contributed by atoms with Gasteiger partial charge in [0.05, 0.1) is 5.56 Å². The van der Waals surface area contributed by atoms with Crippen molar-refractivity contribution in [2.75, 3.05) is 0 Å². The molecule has 0 saturated heterocycles. The Hall–Kier alpha value is -1.81. The predicted molar refractivity (Wildman–Crippen MR) is 73.8 cm³/mol. The molecule has 1 aliphatic rings. The minimum absolute atomic E-state index is 0.0464. The summed E-state index contributed by atoms with van der Waals surface area (Å²) in [7, 11) is 0. The van der Waals surface area contributed by atoms with Crippen LogP contribution in [0.4, 0.5) is 0 Å². The number of furan rings is 1. The fraction of sp³-hybridized carbons (Fsp3) is 0.400. The average molecular weight is 258 g/mol. The van der Waals surface area contributed by atoms with E-state index in [-0.39, 0.29) is 23.4 Å². The molecule has 0 aliphatic heterocycles. The molecular formula is C15H18N2O2. The van der Waals surface area contributed by atoms with Crippen molar-refractivity contribution in [1.82, 2.24) is 5.32 Å². The summed E-state index contributed by atoms with van der Waals surface area (Å²) in [4.78, 5) is 12.3. The number of nitrogens with one attached hydrogen (secondary N) is 1. The summed E-state index contributed by atoms with van der Waals surface area (Å²) in [5.41, 5.74) is 7.24. The van der Waals surface area contributed by atoms with Gasteiger partial charge in [-0.2, -0.15) is 0 Å². The van der Waals surface area contributed by atoms with Gasteiger partial charge in [0.2, 0.25) is 0 Å². The van der Waals surface area contributed by atoms with Crippen LogP contribution in [0.1, 0.15) is 30.6 Å². The number of nitrogens with two attached hydrogens (primary N) is 1. The zero-order chi connectivity index (χ0) is 13.6. The van der Waals surface area contributed by atoms with Gasteiger partial charge in [0, 0.05) is 22.9 Å². The summed E-state index contributed by atoms with van der Waals surface area (Å²) >= 11 is 0. The SMILES string of the molecule is CC1(C)C(N)CC1NC(=O)c1coc2ccccc12. The summed E-state index contributed by atoms with van der Waals surface area (Å²) in [6, 6.07) is 7.82. The first-order chi connectivity index (χ1) is 9.00. The molecule has 1 aliphatic carbocycles. The molecule has 2 atom stereocenters. The van der Waals surface area contributed by atoms with E-state index < -0.39 is 0 Å². The quantitative estimate of drug-likeness (QED) is 0.868. The molecule has 3 rings (SSSR count). The minimum atomic E-state index is -0.0880. The smallest absolute Gasteiger partial charge is 0.255 e. The highest BCUT2D eigenvalue weighted by Gasteiger charge is 2.46. The Kier molecular flexibility index (Phi) is 2.64. The van der Waals surface area contributed by atoms with Crippen LogP contribution in [0, 0.1) is 5.41 Å². The molecule has 100 valence electrons. The molecule has 2 aromatic rings. The normalized spacial score (nSPS) is 25.0. The van der Waals surface area contributed by atoms with Crippen LogP contribution in [0.5, 0.6) is 0 Å². The summed E-state index contributed by atoms with van der Waals surface area (Å²) in [5.74, 6) is -0.0880. The first-order valence-electron chi connectivity index (χ1n) is 6.53. The van der Waals surface area contributed by atoms with Crippen LogP contribution >= 0.6 is 0 Å². The maximum atomic E-state index is 12.3. The third-order valence-electron chi connectivity index (χ3n) is 4.37. The molecule has 1 heterocycles. The third-order valence-corrected chi connectivity index (χ3v) is 4.37. The van der Waals surface area contributed by atoms with Crippen molar-refractivity contribution < 1.29 is 9.21 Å². The summed E-state index contributed by atoms with van der Waals surface area (Å²) < 4.78 is 5.39. The second-order valence-corrected chi connectivity index (χ2v) is 5.84. The molecule has 1 amide bonds. The highest BCUT2D eigenvalue weighted by atomic mass is 16.3. The summed E-state index contributed by atoms with van der Waals surface area (Å²) in [6.07, 6.45) is 2.35. The van der Waals surface area contributed by atoms with Gasteiger partial charge in [0.25, 0.3) is 5.91 Å². The Morgan fingerprint density at radius 1 is 1.42 bits per heavy atom. The molecule has 19 heavy (non-hydrogen) atoms. The Balaban J connectivity index is 1.82. The molecule has 1 saturated carbocycles. The largest absolute Gasteiger partial charge is 0.463 e. The van der Waals surface area contributed by atoms with Crippen LogP contribution in [0.25, 0.3) is 11.0 Å². The average Bonchev–Trinajstić information content (AvgIpc) is 2.82. The van der Waals surface area contributed by atoms with Crippen molar-refractivity contribution in [2.24, 2.45) is 11.1 Å². The summed E-state index contributed by atoms with van der Waals surface area (Å²) in [6.45, 7) is 4.17. The first-order valence-corrected chi connectivity index (χ1v) is 6.53. The molecule has 0 spiro atoms. The standard InChI is InChI=1S/C15H18N2O2/c1-15(2)12(16)7-13(15)17-14(18)10-8-19-11-6-4-3-5-9(10)11/h3-6,8,12-13H,7,16H2,1-2H3,(H,17,18). The Morgan fingerprint density at radius 2 is 2.16 bits per heavy atom.